The van der Waals surface area contributed by atoms with E-state index < -0.39 is 0 Å². The molecule has 1 unspecified atom stereocenters. The van der Waals surface area contributed by atoms with E-state index in [1.165, 1.54) is 5.56 Å². The molecule has 0 aliphatic carbocycles. The highest BCUT2D eigenvalue weighted by atomic mass is 16.5. The van der Waals surface area contributed by atoms with E-state index in [-0.39, 0.29) is 5.41 Å². The fraction of sp³-hybridized carbons (Fsp3) is 0.467. The van der Waals surface area contributed by atoms with E-state index in [1.807, 2.05) is 24.3 Å². The Bertz CT molecular complexity index is 537. The monoisotopic (exact) mass is 259 g/mol. The second-order valence-corrected chi connectivity index (χ2v) is 6.03. The molecule has 0 saturated carbocycles. The van der Waals surface area contributed by atoms with Gasteiger partial charge in [0.1, 0.15) is 0 Å². The number of hydrogen-bond acceptors (Lipinski definition) is 4. The Kier molecular flexibility index (Phi) is 3.60. The van der Waals surface area contributed by atoms with Crippen molar-refractivity contribution in [2.75, 3.05) is 5.73 Å². The highest BCUT2D eigenvalue weighted by molar-refractivity contribution is 5.40. The summed E-state index contributed by atoms with van der Waals surface area (Å²) in [6.07, 6.45) is 0.743. The van der Waals surface area contributed by atoms with Crippen LogP contribution in [-0.4, -0.2) is 10.1 Å². The number of nitrogens with zero attached hydrogens (tertiary/aromatic N) is 2. The van der Waals surface area contributed by atoms with Crippen LogP contribution in [0.1, 0.15) is 50.9 Å². The second-order valence-electron chi connectivity index (χ2n) is 6.03. The first-order valence-electron chi connectivity index (χ1n) is 6.55. The first-order valence-corrected chi connectivity index (χ1v) is 6.55. The van der Waals surface area contributed by atoms with Crippen LogP contribution in [0.5, 0.6) is 0 Å². The van der Waals surface area contributed by atoms with Gasteiger partial charge in [-0.25, -0.2) is 0 Å². The highest BCUT2D eigenvalue weighted by Gasteiger charge is 2.21. The fourth-order valence-corrected chi connectivity index (χ4v) is 1.85. The quantitative estimate of drug-likeness (QED) is 0.859. The number of nitrogens with two attached hydrogens (primary N) is 1. The third-order valence-corrected chi connectivity index (χ3v) is 3.13. The van der Waals surface area contributed by atoms with Gasteiger partial charge in [-0.2, -0.15) is 4.98 Å². The summed E-state index contributed by atoms with van der Waals surface area (Å²) in [5, 5.41) is 4.04. The molecule has 19 heavy (non-hydrogen) atoms. The van der Waals surface area contributed by atoms with Crippen LogP contribution in [0.25, 0.3) is 0 Å². The van der Waals surface area contributed by atoms with E-state index in [4.69, 9.17) is 10.3 Å². The van der Waals surface area contributed by atoms with E-state index in [2.05, 4.69) is 37.8 Å². The number of nitrogen functional groups attached to an aromatic ring is 1. The van der Waals surface area contributed by atoms with E-state index in [0.29, 0.717) is 11.8 Å². The zero-order chi connectivity index (χ0) is 14.0. The van der Waals surface area contributed by atoms with Gasteiger partial charge in [0.15, 0.2) is 5.82 Å². The minimum atomic E-state index is -0.0772. The average molecular weight is 259 g/mol. The molecule has 4 heteroatoms. The molecule has 0 bridgehead atoms. The van der Waals surface area contributed by atoms with E-state index in [1.54, 1.807) is 0 Å². The molecule has 0 spiro atoms. The predicted molar refractivity (Wildman–Crippen MR) is 76.0 cm³/mol. The Balaban J connectivity index is 2.08. The van der Waals surface area contributed by atoms with Gasteiger partial charge < -0.3 is 10.3 Å². The SMILES string of the molecule is CC(Cc1nc(C(C)(C)C)no1)c1ccc(N)cc1. The number of rotatable bonds is 3. The molecule has 0 amide bonds. The van der Waals surface area contributed by atoms with Crippen molar-refractivity contribution < 1.29 is 4.52 Å². The third-order valence-electron chi connectivity index (χ3n) is 3.13. The zero-order valence-corrected chi connectivity index (χ0v) is 12.0. The lowest BCUT2D eigenvalue weighted by molar-refractivity contribution is 0.357. The number of aromatic nitrogens is 2. The maximum Gasteiger partial charge on any atom is 0.227 e. The van der Waals surface area contributed by atoms with Gasteiger partial charge in [0.25, 0.3) is 0 Å². The van der Waals surface area contributed by atoms with Crippen molar-refractivity contribution in [2.24, 2.45) is 0 Å². The summed E-state index contributed by atoms with van der Waals surface area (Å²) in [7, 11) is 0. The summed E-state index contributed by atoms with van der Waals surface area (Å²) in [6.45, 7) is 8.37. The molecule has 102 valence electrons. The van der Waals surface area contributed by atoms with Crippen molar-refractivity contribution >= 4 is 5.69 Å². The molecule has 2 N–H and O–H groups in total. The Morgan fingerprint density at radius 2 is 1.84 bits per heavy atom. The maximum atomic E-state index is 5.69. The van der Waals surface area contributed by atoms with E-state index >= 15 is 0 Å². The van der Waals surface area contributed by atoms with Crippen molar-refractivity contribution in [1.82, 2.24) is 10.1 Å². The smallest absolute Gasteiger partial charge is 0.227 e. The standard InChI is InChI=1S/C15H21N3O/c1-10(11-5-7-12(16)8-6-11)9-13-17-14(18-19-13)15(2,3)4/h5-8,10H,9,16H2,1-4H3. The molecule has 0 radical (unpaired) electrons. The molecule has 2 rings (SSSR count). The topological polar surface area (TPSA) is 64.9 Å². The second kappa shape index (κ2) is 5.03. The summed E-state index contributed by atoms with van der Waals surface area (Å²) < 4.78 is 5.32. The first-order chi connectivity index (χ1) is 8.86. The average Bonchev–Trinajstić information content (AvgIpc) is 2.78. The van der Waals surface area contributed by atoms with Crippen LogP contribution in [0.3, 0.4) is 0 Å². The van der Waals surface area contributed by atoms with E-state index in [0.717, 1.165) is 17.9 Å². The molecule has 4 nitrogen and oxygen atoms in total. The largest absolute Gasteiger partial charge is 0.399 e. The van der Waals surface area contributed by atoms with Gasteiger partial charge in [-0.05, 0) is 23.6 Å². The Labute approximate surface area is 114 Å². The van der Waals surface area contributed by atoms with Crippen LogP contribution in [0.15, 0.2) is 28.8 Å². The van der Waals surface area contributed by atoms with Crippen LogP contribution >= 0.6 is 0 Å². The van der Waals surface area contributed by atoms with Gasteiger partial charge in [0, 0.05) is 17.5 Å². The lowest BCUT2D eigenvalue weighted by Gasteiger charge is -2.11. The van der Waals surface area contributed by atoms with Gasteiger partial charge in [0.2, 0.25) is 5.89 Å². The Morgan fingerprint density at radius 3 is 2.37 bits per heavy atom. The van der Waals surface area contributed by atoms with Crippen molar-refractivity contribution in [2.45, 2.75) is 45.4 Å². The number of hydrogen-bond donors (Lipinski definition) is 1. The molecule has 1 heterocycles. The lowest BCUT2D eigenvalue weighted by atomic mass is 9.95. The molecule has 0 saturated heterocycles. The minimum absolute atomic E-state index is 0.0772. The van der Waals surface area contributed by atoms with Gasteiger partial charge in [-0.3, -0.25) is 0 Å². The zero-order valence-electron chi connectivity index (χ0n) is 12.0. The molecule has 2 aromatic rings. The van der Waals surface area contributed by atoms with Crippen LogP contribution < -0.4 is 5.73 Å². The Morgan fingerprint density at radius 1 is 1.21 bits per heavy atom. The minimum Gasteiger partial charge on any atom is -0.399 e. The predicted octanol–water partition coefficient (Wildman–Crippen LogP) is 3.30. The first kappa shape index (κ1) is 13.6. The van der Waals surface area contributed by atoms with Crippen LogP contribution in [-0.2, 0) is 11.8 Å². The normalized spacial score (nSPS) is 13.5. The van der Waals surface area contributed by atoms with Crippen LogP contribution in [0, 0.1) is 0 Å². The molecule has 1 aromatic carbocycles. The summed E-state index contributed by atoms with van der Waals surface area (Å²) in [6, 6.07) is 7.92. The van der Waals surface area contributed by atoms with Crippen LogP contribution in [0.2, 0.25) is 0 Å². The summed E-state index contributed by atoms with van der Waals surface area (Å²) >= 11 is 0. The number of anilines is 1. The van der Waals surface area contributed by atoms with Crippen LogP contribution in [0.4, 0.5) is 5.69 Å². The van der Waals surface area contributed by atoms with Gasteiger partial charge >= 0.3 is 0 Å². The third kappa shape index (κ3) is 3.34. The van der Waals surface area contributed by atoms with Crippen molar-refractivity contribution in [3.8, 4) is 0 Å². The van der Waals surface area contributed by atoms with Gasteiger partial charge in [-0.15, -0.1) is 0 Å². The molecule has 0 aliphatic rings. The van der Waals surface area contributed by atoms with Gasteiger partial charge in [-0.1, -0.05) is 45.0 Å². The van der Waals surface area contributed by atoms with Crippen molar-refractivity contribution in [1.29, 1.82) is 0 Å². The molecule has 1 atom stereocenters. The van der Waals surface area contributed by atoms with Gasteiger partial charge in [0.05, 0.1) is 0 Å². The Hall–Kier alpha value is -1.84. The summed E-state index contributed by atoms with van der Waals surface area (Å²) in [5.41, 5.74) is 7.62. The van der Waals surface area contributed by atoms with E-state index in [9.17, 15) is 0 Å². The molecule has 1 aromatic heterocycles. The van der Waals surface area contributed by atoms with Crippen molar-refractivity contribution in [3.63, 3.8) is 0 Å². The molecule has 0 fully saturated rings. The number of benzene rings is 1. The summed E-state index contributed by atoms with van der Waals surface area (Å²) in [4.78, 5) is 4.46. The van der Waals surface area contributed by atoms with Crippen molar-refractivity contribution in [3.05, 3.63) is 41.5 Å². The maximum absolute atomic E-state index is 5.69. The molecular weight excluding hydrogens is 238 g/mol. The summed E-state index contributed by atoms with van der Waals surface area (Å²) in [5.74, 6) is 1.77. The fourth-order valence-electron chi connectivity index (χ4n) is 1.85. The highest BCUT2D eigenvalue weighted by Crippen LogP contribution is 2.23. The molecular formula is C15H21N3O. The lowest BCUT2D eigenvalue weighted by Crippen LogP contribution is -2.13. The molecule has 0 aliphatic heterocycles.